The predicted molar refractivity (Wildman–Crippen MR) is 71.7 cm³/mol. The van der Waals surface area contributed by atoms with Crippen molar-refractivity contribution in [3.63, 3.8) is 0 Å². The molecule has 1 saturated heterocycles. The Balaban J connectivity index is 2.06. The monoisotopic (exact) mass is 287 g/mol. The molecule has 0 N–H and O–H groups in total. The molecule has 2 rings (SSSR count). The summed E-state index contributed by atoms with van der Waals surface area (Å²) in [7, 11) is 0. The van der Waals surface area contributed by atoms with Crippen molar-refractivity contribution < 1.29 is 17.9 Å². The van der Waals surface area contributed by atoms with Gasteiger partial charge < -0.3 is 9.64 Å². The fourth-order valence-corrected chi connectivity index (χ4v) is 2.81. The van der Waals surface area contributed by atoms with Gasteiger partial charge >= 0.3 is 6.61 Å². The summed E-state index contributed by atoms with van der Waals surface area (Å²) < 4.78 is 42.8. The van der Waals surface area contributed by atoms with Crippen LogP contribution in [0.4, 0.5) is 13.2 Å². The van der Waals surface area contributed by atoms with Crippen LogP contribution in [0.15, 0.2) is 18.2 Å². The molecule has 0 spiro atoms. The quantitative estimate of drug-likeness (QED) is 0.811. The Kier molecular flexibility index (Phi) is 5.29. The molecule has 1 fully saturated rings. The second kappa shape index (κ2) is 6.97. The average molecular weight is 287 g/mol. The van der Waals surface area contributed by atoms with Crippen LogP contribution in [0, 0.1) is 5.82 Å². The fourth-order valence-electron chi connectivity index (χ4n) is 2.81. The van der Waals surface area contributed by atoms with Gasteiger partial charge in [-0.1, -0.05) is 19.1 Å². The third kappa shape index (κ3) is 3.66. The van der Waals surface area contributed by atoms with E-state index in [9.17, 15) is 13.2 Å². The first-order valence-electron chi connectivity index (χ1n) is 7.07. The van der Waals surface area contributed by atoms with Crippen molar-refractivity contribution in [2.75, 3.05) is 19.6 Å². The molecular formula is C15H20F3NO. The number of benzene rings is 1. The van der Waals surface area contributed by atoms with Crippen molar-refractivity contribution in [3.8, 4) is 5.75 Å². The number of hydrogen-bond donors (Lipinski definition) is 0. The number of alkyl halides is 2. The number of ether oxygens (including phenoxy) is 1. The standard InChI is InChI=1S/C15H20F3NO/c1-2-8-19-9-6-11(7-10-19)12-4-3-5-13(14(12)16)20-15(17)18/h3-5,11,15H,2,6-10H2,1H3. The molecular weight excluding hydrogens is 267 g/mol. The largest absolute Gasteiger partial charge is 0.432 e. The molecule has 1 aromatic carbocycles. The molecule has 0 aromatic heterocycles. The Hall–Kier alpha value is -1.23. The van der Waals surface area contributed by atoms with E-state index < -0.39 is 12.4 Å². The van der Waals surface area contributed by atoms with Crippen molar-refractivity contribution in [2.45, 2.75) is 38.7 Å². The van der Waals surface area contributed by atoms with E-state index in [0.29, 0.717) is 5.56 Å². The molecule has 0 atom stereocenters. The van der Waals surface area contributed by atoms with E-state index in [-0.39, 0.29) is 11.7 Å². The van der Waals surface area contributed by atoms with E-state index in [2.05, 4.69) is 16.6 Å². The third-order valence-electron chi connectivity index (χ3n) is 3.78. The minimum absolute atomic E-state index is 0.0873. The van der Waals surface area contributed by atoms with E-state index in [4.69, 9.17) is 0 Å². The predicted octanol–water partition coefficient (Wildman–Crippen LogP) is 4.02. The van der Waals surface area contributed by atoms with E-state index in [1.807, 2.05) is 0 Å². The summed E-state index contributed by atoms with van der Waals surface area (Å²) in [5, 5.41) is 0. The van der Waals surface area contributed by atoms with Crippen molar-refractivity contribution >= 4 is 0 Å². The van der Waals surface area contributed by atoms with E-state index in [0.717, 1.165) is 38.9 Å². The van der Waals surface area contributed by atoms with Crippen LogP contribution in [0.1, 0.15) is 37.7 Å². The summed E-state index contributed by atoms with van der Waals surface area (Å²) in [4.78, 5) is 2.36. The Labute approximate surface area is 117 Å². The van der Waals surface area contributed by atoms with Crippen molar-refractivity contribution in [1.82, 2.24) is 4.90 Å². The van der Waals surface area contributed by atoms with Gasteiger partial charge in [0.25, 0.3) is 0 Å². The maximum Gasteiger partial charge on any atom is 0.387 e. The molecule has 0 radical (unpaired) electrons. The fraction of sp³-hybridized carbons (Fsp3) is 0.600. The molecule has 20 heavy (non-hydrogen) atoms. The number of likely N-dealkylation sites (tertiary alicyclic amines) is 1. The van der Waals surface area contributed by atoms with Crippen LogP contribution in [-0.2, 0) is 0 Å². The zero-order valence-electron chi connectivity index (χ0n) is 11.6. The highest BCUT2D eigenvalue weighted by molar-refractivity contribution is 5.33. The van der Waals surface area contributed by atoms with Crippen LogP contribution in [-0.4, -0.2) is 31.1 Å². The smallest absolute Gasteiger partial charge is 0.387 e. The Bertz CT molecular complexity index is 431. The van der Waals surface area contributed by atoms with Gasteiger partial charge in [-0.3, -0.25) is 0 Å². The number of nitrogens with zero attached hydrogens (tertiary/aromatic N) is 1. The molecule has 0 saturated carbocycles. The Morgan fingerprint density at radius 1 is 1.30 bits per heavy atom. The number of hydrogen-bond acceptors (Lipinski definition) is 2. The zero-order chi connectivity index (χ0) is 14.5. The van der Waals surface area contributed by atoms with Gasteiger partial charge in [0.05, 0.1) is 0 Å². The minimum atomic E-state index is -2.99. The highest BCUT2D eigenvalue weighted by Gasteiger charge is 2.24. The Morgan fingerprint density at radius 2 is 2.00 bits per heavy atom. The van der Waals surface area contributed by atoms with Crippen LogP contribution >= 0.6 is 0 Å². The lowest BCUT2D eigenvalue weighted by Gasteiger charge is -2.32. The lowest BCUT2D eigenvalue weighted by Crippen LogP contribution is -2.33. The van der Waals surface area contributed by atoms with Gasteiger partial charge in [-0.2, -0.15) is 8.78 Å². The highest BCUT2D eigenvalue weighted by Crippen LogP contribution is 2.33. The summed E-state index contributed by atoms with van der Waals surface area (Å²) in [6, 6.07) is 4.50. The topological polar surface area (TPSA) is 12.5 Å². The molecule has 5 heteroatoms. The van der Waals surface area contributed by atoms with Crippen molar-refractivity contribution in [3.05, 3.63) is 29.6 Å². The van der Waals surface area contributed by atoms with Gasteiger partial charge in [0.1, 0.15) is 0 Å². The first kappa shape index (κ1) is 15.2. The molecule has 1 aromatic rings. The van der Waals surface area contributed by atoms with E-state index in [1.54, 1.807) is 12.1 Å². The second-order valence-corrected chi connectivity index (χ2v) is 5.15. The summed E-state index contributed by atoms with van der Waals surface area (Å²) in [6.07, 6.45) is 2.82. The zero-order valence-corrected chi connectivity index (χ0v) is 11.6. The molecule has 1 aliphatic rings. The first-order chi connectivity index (χ1) is 9.61. The van der Waals surface area contributed by atoms with E-state index in [1.165, 1.54) is 6.07 Å². The second-order valence-electron chi connectivity index (χ2n) is 5.15. The van der Waals surface area contributed by atoms with Gasteiger partial charge in [-0.05, 0) is 56.4 Å². The van der Waals surface area contributed by atoms with Gasteiger partial charge in [-0.25, -0.2) is 4.39 Å². The SMILES string of the molecule is CCCN1CCC(c2cccc(OC(F)F)c2F)CC1. The molecule has 0 aliphatic carbocycles. The molecule has 0 bridgehead atoms. The van der Waals surface area contributed by atoms with Gasteiger partial charge in [-0.15, -0.1) is 0 Å². The van der Waals surface area contributed by atoms with Gasteiger partial charge in [0, 0.05) is 0 Å². The third-order valence-corrected chi connectivity index (χ3v) is 3.78. The highest BCUT2D eigenvalue weighted by atomic mass is 19.3. The summed E-state index contributed by atoms with van der Waals surface area (Å²) in [6.45, 7) is 2.06. The summed E-state index contributed by atoms with van der Waals surface area (Å²) in [5.41, 5.74) is 0.499. The molecule has 0 unspecified atom stereocenters. The van der Waals surface area contributed by atoms with E-state index >= 15 is 0 Å². The molecule has 1 aliphatic heterocycles. The number of piperidine rings is 1. The van der Waals surface area contributed by atoms with Crippen LogP contribution in [0.3, 0.4) is 0 Å². The minimum Gasteiger partial charge on any atom is -0.432 e. The average Bonchev–Trinajstić information content (AvgIpc) is 2.42. The molecule has 112 valence electrons. The summed E-state index contributed by atoms with van der Waals surface area (Å²) in [5.74, 6) is -0.903. The molecule has 0 amide bonds. The molecule has 2 nitrogen and oxygen atoms in total. The number of rotatable bonds is 5. The lowest BCUT2D eigenvalue weighted by atomic mass is 9.89. The van der Waals surface area contributed by atoms with Crippen LogP contribution in [0.5, 0.6) is 5.75 Å². The normalized spacial score (nSPS) is 17.6. The maximum atomic E-state index is 14.2. The number of halogens is 3. The van der Waals surface area contributed by atoms with Crippen LogP contribution in [0.25, 0.3) is 0 Å². The summed E-state index contributed by atoms with van der Waals surface area (Å²) >= 11 is 0. The van der Waals surface area contributed by atoms with Crippen LogP contribution < -0.4 is 4.74 Å². The van der Waals surface area contributed by atoms with Crippen LogP contribution in [0.2, 0.25) is 0 Å². The van der Waals surface area contributed by atoms with Gasteiger partial charge in [0.15, 0.2) is 11.6 Å². The maximum absolute atomic E-state index is 14.2. The van der Waals surface area contributed by atoms with Crippen molar-refractivity contribution in [2.24, 2.45) is 0 Å². The molecule has 1 heterocycles. The van der Waals surface area contributed by atoms with Crippen molar-refractivity contribution in [1.29, 1.82) is 0 Å². The Morgan fingerprint density at radius 3 is 2.60 bits per heavy atom. The first-order valence-corrected chi connectivity index (χ1v) is 7.07. The lowest BCUT2D eigenvalue weighted by molar-refractivity contribution is -0.0523. The van der Waals surface area contributed by atoms with Gasteiger partial charge in [0.2, 0.25) is 0 Å².